The number of rotatable bonds is 4. The summed E-state index contributed by atoms with van der Waals surface area (Å²) in [7, 11) is 0. The van der Waals surface area contributed by atoms with Gasteiger partial charge in [0.05, 0.1) is 22.3 Å². The van der Waals surface area contributed by atoms with Crippen LogP contribution in [0.4, 0.5) is 0 Å². The fourth-order valence-corrected chi connectivity index (χ4v) is 3.79. The van der Waals surface area contributed by atoms with Gasteiger partial charge in [-0.15, -0.1) is 0 Å². The van der Waals surface area contributed by atoms with Crippen molar-refractivity contribution in [3.05, 3.63) is 86.5 Å². The number of amides is 1. The van der Waals surface area contributed by atoms with E-state index in [9.17, 15) is 14.7 Å². The Labute approximate surface area is 181 Å². The molecule has 4 aromatic rings. The van der Waals surface area contributed by atoms with Gasteiger partial charge in [0.1, 0.15) is 12.3 Å². The highest BCUT2D eigenvalue weighted by atomic mass is 35.5. The number of hydrazone groups is 1. The van der Waals surface area contributed by atoms with Gasteiger partial charge in [-0.1, -0.05) is 47.5 Å². The largest absolute Gasteiger partial charge is 0.506 e. The average Bonchev–Trinajstić information content (AvgIpc) is 2.74. The van der Waals surface area contributed by atoms with Crippen LogP contribution < -0.4 is 10.9 Å². The maximum Gasteiger partial charge on any atom is 0.260 e. The van der Waals surface area contributed by atoms with Crippen LogP contribution in [0.15, 0.2) is 70.6 Å². The predicted octanol–water partition coefficient (Wildman–Crippen LogP) is 4.32. The van der Waals surface area contributed by atoms with Gasteiger partial charge in [0.25, 0.3) is 5.91 Å². The summed E-state index contributed by atoms with van der Waals surface area (Å²) in [5, 5.41) is 15.3. The third kappa shape index (κ3) is 3.75. The Morgan fingerprint density at radius 1 is 1.03 bits per heavy atom. The second-order valence-electron chi connectivity index (χ2n) is 6.57. The first kappa shape index (κ1) is 19.9. The molecule has 2 N–H and O–H groups in total. The number of phenols is 1. The number of carbonyl (C=O) groups excluding carboxylic acids is 1. The molecule has 0 bridgehead atoms. The van der Waals surface area contributed by atoms with Crippen LogP contribution in [0.2, 0.25) is 10.0 Å². The zero-order valence-electron chi connectivity index (χ0n) is 15.5. The number of hydrogen-bond acceptors (Lipinski definition) is 4. The molecule has 4 rings (SSSR count). The summed E-state index contributed by atoms with van der Waals surface area (Å²) in [6.07, 6.45) is 1.26. The Balaban J connectivity index is 1.65. The molecule has 1 aromatic heterocycles. The van der Waals surface area contributed by atoms with Crippen molar-refractivity contribution in [1.29, 1.82) is 0 Å². The van der Waals surface area contributed by atoms with Crippen molar-refractivity contribution in [3.8, 4) is 5.75 Å². The minimum atomic E-state index is -0.405. The summed E-state index contributed by atoms with van der Waals surface area (Å²) in [6, 6.07) is 17.2. The van der Waals surface area contributed by atoms with Gasteiger partial charge in [-0.3, -0.25) is 9.59 Å². The average molecular weight is 440 g/mol. The molecule has 0 aliphatic heterocycles. The van der Waals surface area contributed by atoms with Crippen LogP contribution in [-0.2, 0) is 11.3 Å². The lowest BCUT2D eigenvalue weighted by atomic mass is 10.1. The van der Waals surface area contributed by atoms with Gasteiger partial charge in [0.2, 0.25) is 0 Å². The number of nitrogens with zero attached hydrogens (tertiary/aromatic N) is 2. The zero-order chi connectivity index (χ0) is 21.3. The highest BCUT2D eigenvalue weighted by molar-refractivity contribution is 6.36. The molecule has 0 aliphatic rings. The third-order valence-corrected chi connectivity index (χ3v) is 5.14. The fourth-order valence-electron chi connectivity index (χ4n) is 3.28. The number of phenolic OH excluding ortho intramolecular Hbond substituents is 1. The first-order chi connectivity index (χ1) is 14.5. The molecule has 0 radical (unpaired) electrons. The number of para-hydroxylation sites is 2. The van der Waals surface area contributed by atoms with E-state index < -0.39 is 5.91 Å². The van der Waals surface area contributed by atoms with Crippen LogP contribution in [0.3, 0.4) is 0 Å². The Hall–Kier alpha value is -3.35. The molecule has 3 aromatic carbocycles. The molecule has 1 amide bonds. The van der Waals surface area contributed by atoms with Gasteiger partial charge >= 0.3 is 0 Å². The number of carbonyl (C=O) groups is 1. The van der Waals surface area contributed by atoms with Crippen LogP contribution in [0.5, 0.6) is 5.75 Å². The second-order valence-corrected chi connectivity index (χ2v) is 7.41. The quantitative estimate of drug-likeness (QED) is 0.282. The highest BCUT2D eigenvalue weighted by Gasteiger charge is 2.12. The van der Waals surface area contributed by atoms with Gasteiger partial charge in [-0.2, -0.15) is 5.10 Å². The van der Waals surface area contributed by atoms with E-state index in [-0.39, 0.29) is 28.3 Å². The summed E-state index contributed by atoms with van der Waals surface area (Å²) in [5.74, 6) is -0.589. The van der Waals surface area contributed by atoms with Gasteiger partial charge in [0.15, 0.2) is 5.43 Å². The SMILES string of the molecule is O=C(Cn1c2ccccc2c(=O)c2ccccc21)N/N=C/c1cc(Cl)cc(Cl)c1O. The van der Waals surface area contributed by atoms with E-state index in [0.717, 1.165) is 0 Å². The van der Waals surface area contributed by atoms with E-state index in [4.69, 9.17) is 23.2 Å². The molecule has 0 fully saturated rings. The molecule has 0 saturated heterocycles. The lowest BCUT2D eigenvalue weighted by Crippen LogP contribution is -2.25. The molecule has 30 heavy (non-hydrogen) atoms. The summed E-state index contributed by atoms with van der Waals surface area (Å²) in [5.41, 5.74) is 3.92. The first-order valence-electron chi connectivity index (χ1n) is 8.96. The molecule has 8 heteroatoms. The molecular formula is C22H15Cl2N3O3. The Morgan fingerprint density at radius 2 is 1.63 bits per heavy atom. The molecule has 1 heterocycles. The number of benzene rings is 3. The summed E-state index contributed by atoms with van der Waals surface area (Å²) >= 11 is 11.8. The van der Waals surface area contributed by atoms with E-state index in [0.29, 0.717) is 26.8 Å². The van der Waals surface area contributed by atoms with Crippen molar-refractivity contribution in [1.82, 2.24) is 9.99 Å². The van der Waals surface area contributed by atoms with Crippen LogP contribution in [-0.4, -0.2) is 21.8 Å². The number of hydrogen-bond donors (Lipinski definition) is 2. The molecule has 0 aliphatic carbocycles. The summed E-state index contributed by atoms with van der Waals surface area (Å²) in [4.78, 5) is 25.3. The summed E-state index contributed by atoms with van der Waals surface area (Å²) < 4.78 is 1.77. The number of fused-ring (bicyclic) bond motifs is 2. The van der Waals surface area contributed by atoms with Crippen molar-refractivity contribution in [3.63, 3.8) is 0 Å². The predicted molar refractivity (Wildman–Crippen MR) is 120 cm³/mol. The topological polar surface area (TPSA) is 83.7 Å². The van der Waals surface area contributed by atoms with Gasteiger partial charge in [-0.05, 0) is 36.4 Å². The van der Waals surface area contributed by atoms with E-state index in [1.807, 2.05) is 12.1 Å². The van der Waals surface area contributed by atoms with Crippen LogP contribution in [0.1, 0.15) is 5.56 Å². The van der Waals surface area contributed by atoms with Crippen molar-refractivity contribution < 1.29 is 9.90 Å². The molecule has 0 spiro atoms. The third-order valence-electron chi connectivity index (χ3n) is 4.63. The number of halogens is 2. The van der Waals surface area contributed by atoms with Crippen LogP contribution in [0, 0.1) is 0 Å². The van der Waals surface area contributed by atoms with E-state index in [1.165, 1.54) is 18.3 Å². The zero-order valence-corrected chi connectivity index (χ0v) is 17.0. The van der Waals surface area contributed by atoms with Crippen molar-refractivity contribution in [2.75, 3.05) is 0 Å². The van der Waals surface area contributed by atoms with Gasteiger partial charge in [0, 0.05) is 21.4 Å². The molecule has 0 unspecified atom stereocenters. The van der Waals surface area contributed by atoms with E-state index in [1.54, 1.807) is 41.0 Å². The van der Waals surface area contributed by atoms with Crippen molar-refractivity contribution in [2.24, 2.45) is 5.10 Å². The smallest absolute Gasteiger partial charge is 0.260 e. The van der Waals surface area contributed by atoms with Crippen LogP contribution >= 0.6 is 23.2 Å². The summed E-state index contributed by atoms with van der Waals surface area (Å²) in [6.45, 7) is -0.0546. The maximum atomic E-state index is 12.8. The molecule has 150 valence electrons. The number of nitrogens with one attached hydrogen (secondary N) is 1. The molecule has 6 nitrogen and oxygen atoms in total. The fraction of sp³-hybridized carbons (Fsp3) is 0.0455. The van der Waals surface area contributed by atoms with Gasteiger partial charge < -0.3 is 9.67 Å². The lowest BCUT2D eigenvalue weighted by molar-refractivity contribution is -0.121. The Morgan fingerprint density at radius 3 is 2.27 bits per heavy atom. The molecule has 0 atom stereocenters. The lowest BCUT2D eigenvalue weighted by Gasteiger charge is -2.14. The number of aromatic hydroxyl groups is 1. The van der Waals surface area contributed by atoms with E-state index in [2.05, 4.69) is 10.5 Å². The Bertz CT molecular complexity index is 1320. The normalized spacial score (nSPS) is 11.4. The first-order valence-corrected chi connectivity index (χ1v) is 9.71. The minimum absolute atomic E-state index is 0.0546. The van der Waals surface area contributed by atoms with Crippen LogP contribution in [0.25, 0.3) is 21.8 Å². The standard InChI is InChI=1S/C22H15Cl2N3O3/c23-14-9-13(21(29)17(24)10-14)11-25-26-20(28)12-27-18-7-3-1-5-15(18)22(30)16-6-2-4-8-19(16)27/h1-11,29H,12H2,(H,26,28)/b25-11+. The maximum absolute atomic E-state index is 12.8. The number of pyridine rings is 1. The van der Waals surface area contributed by atoms with Gasteiger partial charge in [-0.25, -0.2) is 5.43 Å². The minimum Gasteiger partial charge on any atom is -0.506 e. The van der Waals surface area contributed by atoms with E-state index >= 15 is 0 Å². The molecule has 0 saturated carbocycles. The van der Waals surface area contributed by atoms with Crippen molar-refractivity contribution in [2.45, 2.75) is 6.54 Å². The Kier molecular flexibility index (Phi) is 5.44. The number of aromatic nitrogens is 1. The second kappa shape index (κ2) is 8.18. The molecular weight excluding hydrogens is 425 g/mol. The monoisotopic (exact) mass is 439 g/mol. The highest BCUT2D eigenvalue weighted by Crippen LogP contribution is 2.29. The van der Waals surface area contributed by atoms with Crippen molar-refractivity contribution >= 4 is 57.1 Å².